The molecule has 1 saturated heterocycles. The zero-order valence-corrected chi connectivity index (χ0v) is 11.0. The summed E-state index contributed by atoms with van der Waals surface area (Å²) in [4.78, 5) is 2.10. The Morgan fingerprint density at radius 1 is 1.15 bits per heavy atom. The molecular formula is C14H17F3N2O. The Morgan fingerprint density at radius 3 is 2.65 bits per heavy atom. The standard InChI is InChI=1S/C14H17F3N2O/c15-14(16,17)20-13-3-1-2-12(8-13)19-7-6-11(9-19)18-10-4-5-10/h1-3,8,10-11,18H,4-7,9H2. The van der Waals surface area contributed by atoms with E-state index in [1.807, 2.05) is 6.07 Å². The van der Waals surface area contributed by atoms with Crippen LogP contribution in [-0.2, 0) is 0 Å². The third-order valence-corrected chi connectivity index (χ3v) is 3.65. The van der Waals surface area contributed by atoms with E-state index in [1.54, 1.807) is 6.07 Å². The van der Waals surface area contributed by atoms with Gasteiger partial charge in [-0.1, -0.05) is 6.07 Å². The van der Waals surface area contributed by atoms with Crippen LogP contribution in [0.3, 0.4) is 0 Å². The largest absolute Gasteiger partial charge is 0.573 e. The molecule has 110 valence electrons. The Labute approximate surface area is 115 Å². The number of anilines is 1. The summed E-state index contributed by atoms with van der Waals surface area (Å²) in [6.45, 7) is 1.70. The van der Waals surface area contributed by atoms with Crippen molar-refractivity contribution in [3.8, 4) is 5.75 Å². The Bertz CT molecular complexity index is 474. The predicted octanol–water partition coefficient (Wildman–Crippen LogP) is 2.92. The van der Waals surface area contributed by atoms with Gasteiger partial charge in [0, 0.05) is 36.9 Å². The fourth-order valence-electron chi connectivity index (χ4n) is 2.59. The molecule has 1 atom stereocenters. The van der Waals surface area contributed by atoms with Gasteiger partial charge in [0.05, 0.1) is 0 Å². The maximum atomic E-state index is 12.2. The molecule has 1 heterocycles. The summed E-state index contributed by atoms with van der Waals surface area (Å²) in [6, 6.07) is 7.29. The molecule has 0 bridgehead atoms. The SMILES string of the molecule is FC(F)(F)Oc1cccc(N2CCC(NC3CC3)C2)c1. The Hall–Kier alpha value is -1.43. The molecule has 1 saturated carbocycles. The van der Waals surface area contributed by atoms with Crippen LogP contribution in [0.25, 0.3) is 0 Å². The van der Waals surface area contributed by atoms with Crippen molar-refractivity contribution in [1.82, 2.24) is 5.32 Å². The van der Waals surface area contributed by atoms with E-state index in [2.05, 4.69) is 15.0 Å². The molecule has 0 spiro atoms. The number of rotatable bonds is 4. The van der Waals surface area contributed by atoms with Crippen LogP contribution in [0.1, 0.15) is 19.3 Å². The second-order valence-electron chi connectivity index (χ2n) is 5.42. The molecule has 0 aromatic heterocycles. The monoisotopic (exact) mass is 286 g/mol. The number of hydrogen-bond donors (Lipinski definition) is 1. The number of benzene rings is 1. The van der Waals surface area contributed by atoms with E-state index in [9.17, 15) is 13.2 Å². The maximum absolute atomic E-state index is 12.2. The van der Waals surface area contributed by atoms with Crippen LogP contribution in [-0.4, -0.2) is 31.5 Å². The van der Waals surface area contributed by atoms with Crippen molar-refractivity contribution in [2.75, 3.05) is 18.0 Å². The molecule has 1 aliphatic carbocycles. The molecule has 2 fully saturated rings. The molecule has 20 heavy (non-hydrogen) atoms. The minimum Gasteiger partial charge on any atom is -0.406 e. The van der Waals surface area contributed by atoms with Crippen molar-refractivity contribution in [1.29, 1.82) is 0 Å². The highest BCUT2D eigenvalue weighted by Crippen LogP contribution is 2.29. The van der Waals surface area contributed by atoms with E-state index in [0.29, 0.717) is 12.1 Å². The van der Waals surface area contributed by atoms with Crippen LogP contribution in [0, 0.1) is 0 Å². The van der Waals surface area contributed by atoms with Crippen LogP contribution in [0.15, 0.2) is 24.3 Å². The number of hydrogen-bond acceptors (Lipinski definition) is 3. The minimum absolute atomic E-state index is 0.159. The number of alkyl halides is 3. The predicted molar refractivity (Wildman–Crippen MR) is 69.9 cm³/mol. The van der Waals surface area contributed by atoms with Gasteiger partial charge in [-0.25, -0.2) is 0 Å². The van der Waals surface area contributed by atoms with E-state index in [1.165, 1.54) is 25.0 Å². The van der Waals surface area contributed by atoms with Gasteiger partial charge >= 0.3 is 6.36 Å². The van der Waals surface area contributed by atoms with Crippen molar-refractivity contribution in [3.05, 3.63) is 24.3 Å². The quantitative estimate of drug-likeness (QED) is 0.921. The summed E-state index contributed by atoms with van der Waals surface area (Å²) in [5, 5.41) is 3.55. The van der Waals surface area contributed by atoms with Crippen LogP contribution < -0.4 is 15.0 Å². The molecule has 0 radical (unpaired) electrons. The normalized spacial score (nSPS) is 23.1. The first-order chi connectivity index (χ1) is 9.49. The number of nitrogens with one attached hydrogen (secondary N) is 1. The van der Waals surface area contributed by atoms with Gasteiger partial charge < -0.3 is 15.0 Å². The van der Waals surface area contributed by atoms with Crippen molar-refractivity contribution in [2.24, 2.45) is 0 Å². The molecule has 3 nitrogen and oxygen atoms in total. The van der Waals surface area contributed by atoms with Crippen LogP contribution in [0.5, 0.6) is 5.75 Å². The molecule has 3 rings (SSSR count). The average Bonchev–Trinajstić information content (AvgIpc) is 3.03. The van der Waals surface area contributed by atoms with Gasteiger partial charge in [-0.15, -0.1) is 13.2 Å². The van der Waals surface area contributed by atoms with Crippen molar-refractivity contribution >= 4 is 5.69 Å². The van der Waals surface area contributed by atoms with Gasteiger partial charge in [0.25, 0.3) is 0 Å². The Balaban J connectivity index is 1.63. The molecule has 1 unspecified atom stereocenters. The highest BCUT2D eigenvalue weighted by Gasteiger charge is 2.32. The lowest BCUT2D eigenvalue weighted by Gasteiger charge is -2.20. The lowest BCUT2D eigenvalue weighted by molar-refractivity contribution is -0.274. The van der Waals surface area contributed by atoms with Crippen LogP contribution in [0.4, 0.5) is 18.9 Å². The van der Waals surface area contributed by atoms with Gasteiger partial charge in [-0.05, 0) is 31.4 Å². The van der Waals surface area contributed by atoms with Crippen LogP contribution >= 0.6 is 0 Å². The summed E-state index contributed by atoms with van der Waals surface area (Å²) in [5.74, 6) is -0.159. The number of halogens is 3. The lowest BCUT2D eigenvalue weighted by atomic mass is 10.2. The summed E-state index contributed by atoms with van der Waals surface area (Å²) in [7, 11) is 0. The average molecular weight is 286 g/mol. The summed E-state index contributed by atoms with van der Waals surface area (Å²) in [5.41, 5.74) is 0.784. The minimum atomic E-state index is -4.64. The zero-order chi connectivity index (χ0) is 14.2. The molecule has 1 aromatic carbocycles. The zero-order valence-electron chi connectivity index (χ0n) is 11.0. The summed E-state index contributed by atoms with van der Waals surface area (Å²) in [6.07, 6.45) is -1.13. The van der Waals surface area contributed by atoms with Gasteiger partial charge in [0.15, 0.2) is 0 Å². The first-order valence-electron chi connectivity index (χ1n) is 6.86. The third kappa shape index (κ3) is 3.56. The molecular weight excluding hydrogens is 269 g/mol. The second kappa shape index (κ2) is 5.16. The van der Waals surface area contributed by atoms with Gasteiger partial charge in [-0.3, -0.25) is 0 Å². The van der Waals surface area contributed by atoms with E-state index in [4.69, 9.17) is 0 Å². The molecule has 1 aliphatic heterocycles. The van der Waals surface area contributed by atoms with Gasteiger partial charge in [0.2, 0.25) is 0 Å². The first kappa shape index (κ1) is 13.5. The lowest BCUT2D eigenvalue weighted by Crippen LogP contribution is -2.33. The van der Waals surface area contributed by atoms with Gasteiger partial charge in [-0.2, -0.15) is 0 Å². The fourth-order valence-corrected chi connectivity index (χ4v) is 2.59. The molecule has 2 aliphatic rings. The Morgan fingerprint density at radius 2 is 1.95 bits per heavy atom. The van der Waals surface area contributed by atoms with Crippen molar-refractivity contribution in [2.45, 2.75) is 37.7 Å². The van der Waals surface area contributed by atoms with E-state index < -0.39 is 6.36 Å². The van der Waals surface area contributed by atoms with Crippen molar-refractivity contribution < 1.29 is 17.9 Å². The number of nitrogens with zero attached hydrogens (tertiary/aromatic N) is 1. The van der Waals surface area contributed by atoms with E-state index >= 15 is 0 Å². The van der Waals surface area contributed by atoms with Crippen LogP contribution in [0.2, 0.25) is 0 Å². The molecule has 0 amide bonds. The highest BCUT2D eigenvalue weighted by molar-refractivity contribution is 5.51. The maximum Gasteiger partial charge on any atom is 0.573 e. The first-order valence-corrected chi connectivity index (χ1v) is 6.86. The number of ether oxygens (including phenoxy) is 1. The van der Waals surface area contributed by atoms with Crippen molar-refractivity contribution in [3.63, 3.8) is 0 Å². The fraction of sp³-hybridized carbons (Fsp3) is 0.571. The summed E-state index contributed by atoms with van der Waals surface area (Å²) >= 11 is 0. The highest BCUT2D eigenvalue weighted by atomic mass is 19.4. The Kier molecular flexibility index (Phi) is 3.50. The third-order valence-electron chi connectivity index (χ3n) is 3.65. The topological polar surface area (TPSA) is 24.5 Å². The molecule has 1 aromatic rings. The smallest absolute Gasteiger partial charge is 0.406 e. The molecule has 1 N–H and O–H groups in total. The molecule has 6 heteroatoms. The van der Waals surface area contributed by atoms with E-state index in [0.717, 1.165) is 25.2 Å². The van der Waals surface area contributed by atoms with Gasteiger partial charge in [0.1, 0.15) is 5.75 Å². The van der Waals surface area contributed by atoms with E-state index in [-0.39, 0.29) is 5.75 Å². The second-order valence-corrected chi connectivity index (χ2v) is 5.42. The summed E-state index contributed by atoms with van der Waals surface area (Å²) < 4.78 is 40.6.